The van der Waals surface area contributed by atoms with Crippen LogP contribution in [-0.2, 0) is 16.1 Å². The third-order valence-corrected chi connectivity index (χ3v) is 5.91. The van der Waals surface area contributed by atoms with E-state index in [1.54, 1.807) is 29.2 Å². The zero-order chi connectivity index (χ0) is 25.2. The molecule has 0 saturated heterocycles. The minimum absolute atomic E-state index is 0.126. The van der Waals surface area contributed by atoms with E-state index in [9.17, 15) is 14.0 Å². The van der Waals surface area contributed by atoms with Crippen LogP contribution in [0.1, 0.15) is 63.8 Å². The normalized spacial score (nSPS) is 15.2. The van der Waals surface area contributed by atoms with Crippen molar-refractivity contribution < 1.29 is 18.4 Å². The van der Waals surface area contributed by atoms with E-state index in [0.29, 0.717) is 17.1 Å². The minimum atomic E-state index is -0.916. The summed E-state index contributed by atoms with van der Waals surface area (Å²) in [4.78, 5) is 30.1. The van der Waals surface area contributed by atoms with Gasteiger partial charge in [0.25, 0.3) is 0 Å². The van der Waals surface area contributed by atoms with E-state index in [4.69, 9.17) is 4.42 Å². The molecular formula is C25H31FN6O3. The van der Waals surface area contributed by atoms with Crippen LogP contribution in [0.4, 0.5) is 4.39 Å². The summed E-state index contributed by atoms with van der Waals surface area (Å²) in [6.45, 7) is 7.27. The third kappa shape index (κ3) is 5.93. The van der Waals surface area contributed by atoms with Crippen molar-refractivity contribution in [2.45, 2.75) is 77.5 Å². The highest BCUT2D eigenvalue weighted by Gasteiger charge is 2.38. The topological polar surface area (TPSA) is 106 Å². The number of carbonyl (C=O) groups excluding carboxylic acids is 2. The molecule has 0 spiro atoms. The zero-order valence-electron chi connectivity index (χ0n) is 20.5. The van der Waals surface area contributed by atoms with Crippen molar-refractivity contribution in [2.24, 2.45) is 0 Å². The molecule has 0 aliphatic heterocycles. The van der Waals surface area contributed by atoms with Crippen LogP contribution in [0.3, 0.4) is 0 Å². The summed E-state index contributed by atoms with van der Waals surface area (Å²) >= 11 is 0. The number of tetrazole rings is 1. The first-order chi connectivity index (χ1) is 16.6. The number of furan rings is 1. The second-order valence-corrected chi connectivity index (χ2v) is 9.99. The molecule has 1 aliphatic carbocycles. The number of carbonyl (C=O) groups is 2. The molecule has 4 rings (SSSR count). The van der Waals surface area contributed by atoms with Gasteiger partial charge in [0, 0.05) is 11.6 Å². The lowest BCUT2D eigenvalue weighted by Crippen LogP contribution is -2.52. The summed E-state index contributed by atoms with van der Waals surface area (Å²) < 4.78 is 19.2. The van der Waals surface area contributed by atoms with E-state index >= 15 is 0 Å². The fourth-order valence-electron chi connectivity index (χ4n) is 4.43. The van der Waals surface area contributed by atoms with Gasteiger partial charge in [-0.3, -0.25) is 9.59 Å². The molecule has 186 valence electrons. The average Bonchev–Trinajstić information content (AvgIpc) is 3.53. The van der Waals surface area contributed by atoms with Crippen LogP contribution in [-0.4, -0.2) is 48.5 Å². The molecule has 2 heterocycles. The smallest absolute Gasteiger partial charge is 0.247 e. The Balaban J connectivity index is 1.66. The van der Waals surface area contributed by atoms with Crippen molar-refractivity contribution in [1.29, 1.82) is 0 Å². The molecule has 1 N–H and O–H groups in total. The van der Waals surface area contributed by atoms with Crippen molar-refractivity contribution in [3.8, 4) is 11.6 Å². The van der Waals surface area contributed by atoms with Gasteiger partial charge in [-0.15, -0.1) is 10.2 Å². The number of rotatable bonds is 7. The van der Waals surface area contributed by atoms with Crippen molar-refractivity contribution in [3.05, 3.63) is 53.5 Å². The Morgan fingerprint density at radius 3 is 2.46 bits per heavy atom. The first-order valence-corrected chi connectivity index (χ1v) is 11.8. The van der Waals surface area contributed by atoms with E-state index in [2.05, 4.69) is 20.7 Å². The van der Waals surface area contributed by atoms with Crippen LogP contribution in [0.25, 0.3) is 11.6 Å². The maximum atomic E-state index is 13.7. The number of hydrogen-bond donors (Lipinski definition) is 1. The molecule has 10 heteroatoms. The Morgan fingerprint density at radius 2 is 1.86 bits per heavy atom. The van der Waals surface area contributed by atoms with Crippen molar-refractivity contribution in [1.82, 2.24) is 30.4 Å². The van der Waals surface area contributed by atoms with Gasteiger partial charge in [-0.1, -0.05) is 25.0 Å². The molecule has 2 aromatic heterocycles. The number of halogens is 1. The lowest BCUT2D eigenvalue weighted by Gasteiger charge is -2.37. The van der Waals surface area contributed by atoms with Crippen LogP contribution >= 0.6 is 0 Å². The predicted octanol–water partition coefficient (Wildman–Crippen LogP) is 3.81. The highest BCUT2D eigenvalue weighted by molar-refractivity contribution is 5.89. The molecule has 0 radical (unpaired) electrons. The Hall–Kier alpha value is -3.56. The van der Waals surface area contributed by atoms with Crippen molar-refractivity contribution in [2.75, 3.05) is 0 Å². The van der Waals surface area contributed by atoms with Gasteiger partial charge >= 0.3 is 0 Å². The number of amides is 2. The Labute approximate surface area is 203 Å². The average molecular weight is 483 g/mol. The molecule has 1 atom stereocenters. The van der Waals surface area contributed by atoms with E-state index in [1.165, 1.54) is 16.9 Å². The number of nitrogens with one attached hydrogen (secondary N) is 1. The van der Waals surface area contributed by atoms with Crippen LogP contribution in [0.5, 0.6) is 0 Å². The number of benzene rings is 1. The van der Waals surface area contributed by atoms with Gasteiger partial charge in [0.15, 0.2) is 5.76 Å². The van der Waals surface area contributed by atoms with E-state index in [0.717, 1.165) is 25.7 Å². The van der Waals surface area contributed by atoms with Crippen LogP contribution in [0.15, 0.2) is 40.8 Å². The van der Waals surface area contributed by atoms with Crippen LogP contribution in [0, 0.1) is 12.7 Å². The number of aromatic nitrogens is 4. The van der Waals surface area contributed by atoms with E-state index < -0.39 is 17.4 Å². The molecule has 9 nitrogen and oxygen atoms in total. The molecule has 1 aromatic carbocycles. The molecule has 2 amide bonds. The lowest BCUT2D eigenvalue weighted by atomic mass is 9.99. The monoisotopic (exact) mass is 482 g/mol. The van der Waals surface area contributed by atoms with Gasteiger partial charge in [0.1, 0.15) is 24.2 Å². The van der Waals surface area contributed by atoms with E-state index in [1.807, 2.05) is 27.7 Å². The summed E-state index contributed by atoms with van der Waals surface area (Å²) in [5.41, 5.74) is 0.0372. The molecule has 0 bridgehead atoms. The Bertz CT molecular complexity index is 1170. The maximum Gasteiger partial charge on any atom is 0.247 e. The molecule has 1 saturated carbocycles. The van der Waals surface area contributed by atoms with Gasteiger partial charge in [0.05, 0.1) is 0 Å². The van der Waals surface area contributed by atoms with Gasteiger partial charge in [-0.25, -0.2) is 4.39 Å². The van der Waals surface area contributed by atoms with Crippen molar-refractivity contribution in [3.63, 3.8) is 0 Å². The molecule has 1 aliphatic rings. The maximum absolute atomic E-state index is 13.7. The fourth-order valence-corrected chi connectivity index (χ4v) is 4.43. The second kappa shape index (κ2) is 9.97. The summed E-state index contributed by atoms with van der Waals surface area (Å²) in [6.07, 6.45) is 3.51. The van der Waals surface area contributed by atoms with Gasteiger partial charge in [0.2, 0.25) is 17.6 Å². The summed E-state index contributed by atoms with van der Waals surface area (Å²) in [5.74, 6) is 0.417. The fraction of sp³-hybridized carbons (Fsp3) is 0.480. The van der Waals surface area contributed by atoms with Gasteiger partial charge in [-0.2, -0.15) is 4.80 Å². The van der Waals surface area contributed by atoms with Gasteiger partial charge in [-0.05, 0) is 75.6 Å². The summed E-state index contributed by atoms with van der Waals surface area (Å²) in [6, 6.07) is 8.22. The third-order valence-electron chi connectivity index (χ3n) is 5.91. The van der Waals surface area contributed by atoms with Gasteiger partial charge < -0.3 is 14.6 Å². The first-order valence-electron chi connectivity index (χ1n) is 11.8. The standard InChI is InChI=1S/C25H31FN6O3/c1-16-9-14-20(35-16)23-28-30-31(29-23)15-21(33)32(19-7-5-6-8-19)22(24(34)27-25(2,3)4)17-10-12-18(26)13-11-17/h9-14,19,22H,5-8,15H2,1-4H3,(H,27,34). The number of nitrogens with zero attached hydrogens (tertiary/aromatic N) is 5. The summed E-state index contributed by atoms with van der Waals surface area (Å²) in [7, 11) is 0. The van der Waals surface area contributed by atoms with Crippen LogP contribution < -0.4 is 5.32 Å². The predicted molar refractivity (Wildman–Crippen MR) is 126 cm³/mol. The lowest BCUT2D eigenvalue weighted by molar-refractivity contribution is -0.145. The van der Waals surface area contributed by atoms with Crippen LogP contribution in [0.2, 0.25) is 0 Å². The molecule has 1 unspecified atom stereocenters. The number of hydrogen-bond acceptors (Lipinski definition) is 6. The SMILES string of the molecule is Cc1ccc(-c2nnn(CC(=O)N(C3CCCC3)C(C(=O)NC(C)(C)C)c3ccc(F)cc3)n2)o1. The minimum Gasteiger partial charge on any atom is -0.458 e. The largest absolute Gasteiger partial charge is 0.458 e. The molecule has 35 heavy (non-hydrogen) atoms. The quantitative estimate of drug-likeness (QED) is 0.549. The molecule has 1 fully saturated rings. The van der Waals surface area contributed by atoms with E-state index in [-0.39, 0.29) is 30.2 Å². The van der Waals surface area contributed by atoms with Crippen molar-refractivity contribution >= 4 is 11.8 Å². The Morgan fingerprint density at radius 1 is 1.17 bits per heavy atom. The summed E-state index contributed by atoms with van der Waals surface area (Å²) in [5, 5.41) is 15.3. The highest BCUT2D eigenvalue weighted by atomic mass is 19.1. The second-order valence-electron chi connectivity index (χ2n) is 9.99. The molecule has 3 aromatic rings. The highest BCUT2D eigenvalue weighted by Crippen LogP contribution is 2.32. The first kappa shape index (κ1) is 24.6. The molecular weight excluding hydrogens is 451 g/mol. The zero-order valence-corrected chi connectivity index (χ0v) is 20.5. The number of aryl methyl sites for hydroxylation is 1. The Kier molecular flexibility index (Phi) is 7.00.